The monoisotopic (exact) mass is 587 g/mol. The van der Waals surface area contributed by atoms with Crippen LogP contribution in [0.2, 0.25) is 10.0 Å². The Hall–Kier alpha value is -4.24. The van der Waals surface area contributed by atoms with E-state index in [1.807, 2.05) is 48.5 Å². The molecular weight excluding hydrogens is 569 g/mol. The van der Waals surface area contributed by atoms with Crippen molar-refractivity contribution in [3.8, 4) is 22.7 Å². The van der Waals surface area contributed by atoms with Gasteiger partial charge in [-0.3, -0.25) is 10.1 Å². The molecule has 1 atom stereocenters. The van der Waals surface area contributed by atoms with Crippen LogP contribution in [-0.2, 0) is 9.53 Å². The van der Waals surface area contributed by atoms with Gasteiger partial charge >= 0.3 is 5.97 Å². The molecule has 1 amide bonds. The Kier molecular flexibility index (Phi) is 6.98. The summed E-state index contributed by atoms with van der Waals surface area (Å²) in [7, 11) is 0. The SMILES string of the molecule is CC(OC(=O)c1cccc2cccc(-c3nc4ccccc4o3)c12)C(=O)Nc1nc(-c2ccc(Cl)cc2Cl)cs1. The molecule has 4 aromatic carbocycles. The highest BCUT2D eigenvalue weighted by Gasteiger charge is 2.23. The van der Waals surface area contributed by atoms with E-state index in [1.165, 1.54) is 18.3 Å². The number of thiazole rings is 1. The molecule has 10 heteroatoms. The van der Waals surface area contributed by atoms with Crippen molar-refractivity contribution in [2.45, 2.75) is 13.0 Å². The van der Waals surface area contributed by atoms with Gasteiger partial charge in [-0.25, -0.2) is 14.8 Å². The number of anilines is 1. The van der Waals surface area contributed by atoms with Gasteiger partial charge < -0.3 is 9.15 Å². The standard InChI is InChI=1S/C30H19Cl2N3O4S/c1-16(27(36)35-30-34-24(15-40-30)19-13-12-18(31)14-22(19)32)38-29(37)21-9-5-7-17-6-4-8-20(26(17)21)28-33-23-10-2-3-11-25(23)39-28/h2-16H,1H3,(H,34,35,36). The van der Waals surface area contributed by atoms with Crippen LogP contribution in [0.5, 0.6) is 0 Å². The molecule has 2 aromatic heterocycles. The van der Waals surface area contributed by atoms with Gasteiger partial charge in [0, 0.05) is 26.9 Å². The number of hydrogen-bond donors (Lipinski definition) is 1. The molecule has 40 heavy (non-hydrogen) atoms. The molecule has 0 aliphatic carbocycles. The summed E-state index contributed by atoms with van der Waals surface area (Å²) in [5.74, 6) is -0.779. The summed E-state index contributed by atoms with van der Waals surface area (Å²) >= 11 is 13.5. The molecule has 7 nitrogen and oxygen atoms in total. The van der Waals surface area contributed by atoms with Crippen molar-refractivity contribution in [2.75, 3.05) is 5.32 Å². The average Bonchev–Trinajstić information content (AvgIpc) is 3.59. The molecule has 0 spiro atoms. The van der Waals surface area contributed by atoms with Crippen molar-refractivity contribution in [3.63, 3.8) is 0 Å². The fourth-order valence-corrected chi connectivity index (χ4v) is 5.53. The quantitative estimate of drug-likeness (QED) is 0.197. The first kappa shape index (κ1) is 26.0. The third kappa shape index (κ3) is 5.04. The van der Waals surface area contributed by atoms with Crippen LogP contribution in [0, 0.1) is 0 Å². The Balaban J connectivity index is 1.23. The van der Waals surface area contributed by atoms with Gasteiger partial charge in [0.2, 0.25) is 5.89 Å². The van der Waals surface area contributed by atoms with E-state index in [9.17, 15) is 9.59 Å². The van der Waals surface area contributed by atoms with E-state index in [1.54, 1.807) is 35.7 Å². The number of rotatable bonds is 6. The largest absolute Gasteiger partial charge is 0.449 e. The smallest absolute Gasteiger partial charge is 0.339 e. The summed E-state index contributed by atoms with van der Waals surface area (Å²) in [5.41, 5.74) is 3.58. The van der Waals surface area contributed by atoms with Crippen molar-refractivity contribution in [1.29, 1.82) is 0 Å². The van der Waals surface area contributed by atoms with Crippen molar-refractivity contribution in [3.05, 3.63) is 99.9 Å². The maximum atomic E-state index is 13.3. The predicted molar refractivity (Wildman–Crippen MR) is 158 cm³/mol. The third-order valence-electron chi connectivity index (χ3n) is 6.24. The highest BCUT2D eigenvalue weighted by atomic mass is 35.5. The molecule has 2 heterocycles. The van der Waals surface area contributed by atoms with Gasteiger partial charge in [-0.05, 0) is 54.8 Å². The number of esters is 1. The number of benzene rings is 4. The van der Waals surface area contributed by atoms with Crippen molar-refractivity contribution >= 4 is 73.4 Å². The average molecular weight is 588 g/mol. The van der Waals surface area contributed by atoms with E-state index < -0.39 is 18.0 Å². The predicted octanol–water partition coefficient (Wildman–Crippen LogP) is 8.26. The van der Waals surface area contributed by atoms with Gasteiger partial charge in [-0.2, -0.15) is 0 Å². The molecule has 0 radical (unpaired) electrons. The van der Waals surface area contributed by atoms with Gasteiger partial charge in [-0.1, -0.05) is 59.6 Å². The lowest BCUT2D eigenvalue weighted by Crippen LogP contribution is -2.30. The van der Waals surface area contributed by atoms with E-state index in [0.29, 0.717) is 59.9 Å². The summed E-state index contributed by atoms with van der Waals surface area (Å²) in [5, 5.41) is 7.21. The lowest BCUT2D eigenvalue weighted by Gasteiger charge is -2.14. The van der Waals surface area contributed by atoms with Crippen LogP contribution in [-0.4, -0.2) is 27.9 Å². The molecule has 0 aliphatic heterocycles. The summed E-state index contributed by atoms with van der Waals surface area (Å²) in [6, 6.07) is 23.5. The molecule has 198 valence electrons. The maximum Gasteiger partial charge on any atom is 0.339 e. The molecular formula is C30H19Cl2N3O4S. The first-order chi connectivity index (χ1) is 19.4. The number of oxazole rings is 1. The zero-order valence-corrected chi connectivity index (χ0v) is 23.2. The number of nitrogens with one attached hydrogen (secondary N) is 1. The second-order valence-electron chi connectivity index (χ2n) is 8.89. The molecule has 1 N–H and O–H groups in total. The second-order valence-corrected chi connectivity index (χ2v) is 10.6. The normalized spacial score (nSPS) is 12.0. The molecule has 1 unspecified atom stereocenters. The molecule has 0 saturated heterocycles. The Bertz CT molecular complexity index is 1880. The zero-order valence-electron chi connectivity index (χ0n) is 20.9. The summed E-state index contributed by atoms with van der Waals surface area (Å²) < 4.78 is 11.6. The molecule has 0 bridgehead atoms. The van der Waals surface area contributed by atoms with Crippen molar-refractivity contribution in [2.24, 2.45) is 0 Å². The van der Waals surface area contributed by atoms with Crippen molar-refractivity contribution in [1.82, 2.24) is 9.97 Å². The van der Waals surface area contributed by atoms with E-state index in [0.717, 1.165) is 5.39 Å². The van der Waals surface area contributed by atoms with Crippen LogP contribution >= 0.6 is 34.5 Å². The minimum Gasteiger partial charge on any atom is -0.449 e. The lowest BCUT2D eigenvalue weighted by atomic mass is 9.99. The Labute approximate surface area is 242 Å². The number of fused-ring (bicyclic) bond motifs is 2. The minimum atomic E-state index is -1.09. The van der Waals surface area contributed by atoms with Crippen LogP contribution in [0.1, 0.15) is 17.3 Å². The number of carbonyl (C=O) groups excluding carboxylic acids is 2. The Morgan fingerprint density at radius 2 is 1.75 bits per heavy atom. The fraction of sp³-hybridized carbons (Fsp3) is 0.0667. The summed E-state index contributed by atoms with van der Waals surface area (Å²) in [4.78, 5) is 35.3. The molecule has 6 rings (SSSR count). The number of nitrogens with zero attached hydrogens (tertiary/aromatic N) is 2. The number of para-hydroxylation sites is 2. The van der Waals surface area contributed by atoms with Crippen LogP contribution in [0.15, 0.2) is 88.7 Å². The number of hydrogen-bond acceptors (Lipinski definition) is 7. The molecule has 0 saturated carbocycles. The number of carbonyl (C=O) groups is 2. The van der Waals surface area contributed by atoms with Gasteiger partial charge in [-0.15, -0.1) is 11.3 Å². The number of amides is 1. The summed E-state index contributed by atoms with van der Waals surface area (Å²) in [6.45, 7) is 1.50. The van der Waals surface area contributed by atoms with Crippen LogP contribution < -0.4 is 5.32 Å². The topological polar surface area (TPSA) is 94.3 Å². The first-order valence-corrected chi connectivity index (χ1v) is 13.8. The van der Waals surface area contributed by atoms with E-state index in [-0.39, 0.29) is 0 Å². The fourth-order valence-electron chi connectivity index (χ4n) is 4.31. The maximum absolute atomic E-state index is 13.3. The van der Waals surface area contributed by atoms with E-state index in [4.69, 9.17) is 32.4 Å². The second kappa shape index (κ2) is 10.7. The van der Waals surface area contributed by atoms with Gasteiger partial charge in [0.1, 0.15) is 5.52 Å². The van der Waals surface area contributed by atoms with E-state index >= 15 is 0 Å². The van der Waals surface area contributed by atoms with Gasteiger partial charge in [0.15, 0.2) is 16.8 Å². The highest BCUT2D eigenvalue weighted by Crippen LogP contribution is 2.34. The minimum absolute atomic E-state index is 0.295. The van der Waals surface area contributed by atoms with Crippen LogP contribution in [0.3, 0.4) is 0 Å². The summed E-state index contributed by atoms with van der Waals surface area (Å²) in [6.07, 6.45) is -1.09. The highest BCUT2D eigenvalue weighted by molar-refractivity contribution is 7.14. The number of aromatic nitrogens is 2. The number of ether oxygens (including phenoxy) is 1. The van der Waals surface area contributed by atoms with Gasteiger partial charge in [0.25, 0.3) is 5.91 Å². The van der Waals surface area contributed by atoms with Crippen molar-refractivity contribution < 1.29 is 18.7 Å². The third-order valence-corrected chi connectivity index (χ3v) is 7.55. The Morgan fingerprint density at radius 3 is 2.55 bits per heavy atom. The zero-order chi connectivity index (χ0) is 27.8. The molecule has 6 aromatic rings. The van der Waals surface area contributed by atoms with Crippen LogP contribution in [0.25, 0.3) is 44.6 Å². The number of halogens is 2. The first-order valence-electron chi connectivity index (χ1n) is 12.2. The molecule has 0 aliphatic rings. The Morgan fingerprint density at radius 1 is 0.950 bits per heavy atom. The van der Waals surface area contributed by atoms with Gasteiger partial charge in [0.05, 0.1) is 16.3 Å². The van der Waals surface area contributed by atoms with E-state index in [2.05, 4.69) is 15.3 Å². The van der Waals surface area contributed by atoms with Crippen LogP contribution in [0.4, 0.5) is 5.13 Å². The molecule has 0 fully saturated rings. The lowest BCUT2D eigenvalue weighted by molar-refractivity contribution is -0.123.